The molecule has 0 aromatic heterocycles. The Morgan fingerprint density at radius 3 is 1.56 bits per heavy atom. The van der Waals surface area contributed by atoms with E-state index in [1.165, 1.54) is 22.3 Å². The fourth-order valence-electron chi connectivity index (χ4n) is 5.23. The zero-order chi connectivity index (χ0) is 23.2. The van der Waals surface area contributed by atoms with Crippen molar-refractivity contribution in [1.82, 2.24) is 10.9 Å². The van der Waals surface area contributed by atoms with Gasteiger partial charge in [0.05, 0.1) is 0 Å². The number of amides is 2. The molecule has 0 heterocycles. The average Bonchev–Trinajstić information content (AvgIpc) is 3.29. The summed E-state index contributed by atoms with van der Waals surface area (Å²) in [6.45, 7) is 9.27. The van der Waals surface area contributed by atoms with Gasteiger partial charge in [0, 0.05) is 0 Å². The molecule has 0 saturated carbocycles. The van der Waals surface area contributed by atoms with Gasteiger partial charge in [0.2, 0.25) is 0 Å². The fourth-order valence-corrected chi connectivity index (χ4v) is 26.0. The SMILES string of the molecule is CC1=Cc2c(C(=O)NN)cccc2[CH]1[Zr]([CH]1C(C)=Cc2c(C(=O)NN)cccc21)=[Si](C)C. The molecule has 6 N–H and O–H groups in total. The first-order chi connectivity index (χ1) is 15.3. The second-order valence-corrected chi connectivity index (χ2v) is 26.5. The Bertz CT molecular complexity index is 1160. The van der Waals surface area contributed by atoms with Gasteiger partial charge in [0.1, 0.15) is 0 Å². The molecule has 2 unspecified atom stereocenters. The molecular formula is C24H28N4O2SiZr. The molecule has 0 saturated heterocycles. The first kappa shape index (κ1) is 23.1. The molecule has 0 fully saturated rings. The van der Waals surface area contributed by atoms with Crippen molar-refractivity contribution < 1.29 is 30.0 Å². The van der Waals surface area contributed by atoms with Crippen LogP contribution in [0, 0.1) is 0 Å². The third kappa shape index (κ3) is 3.69. The number of allylic oxidation sites excluding steroid dienone is 2. The number of nitrogens with one attached hydrogen (secondary N) is 2. The van der Waals surface area contributed by atoms with Crippen molar-refractivity contribution in [2.45, 2.75) is 34.2 Å². The summed E-state index contributed by atoms with van der Waals surface area (Å²) in [5.74, 6) is 10.4. The fraction of sp³-hybridized carbons (Fsp3) is 0.250. The maximum absolute atomic E-state index is 12.4. The molecule has 0 aliphatic heterocycles. The van der Waals surface area contributed by atoms with Crippen LogP contribution in [0.15, 0.2) is 47.5 Å². The van der Waals surface area contributed by atoms with Gasteiger partial charge >= 0.3 is 197 Å². The molecule has 0 bridgehead atoms. The summed E-state index contributed by atoms with van der Waals surface area (Å²) in [4.78, 5) is 24.8. The van der Waals surface area contributed by atoms with E-state index in [-0.39, 0.29) is 11.8 Å². The molecule has 2 aliphatic carbocycles. The van der Waals surface area contributed by atoms with E-state index >= 15 is 0 Å². The standard InChI is InChI=1S/2C11H11N2O.C2H6Si.Zr/c2*1-7-5-8-3-2-4-9(10(8)6-7)11(14)13-12;1-3-2;/h2*2-6H,12H2,1H3,(H,13,14);1-2H3;. The number of nitrogen functional groups attached to an aromatic ring is 2. The molecule has 2 atom stereocenters. The number of carbonyl (C=O) groups is 2. The Morgan fingerprint density at radius 1 is 0.812 bits per heavy atom. The number of hydrazine groups is 2. The number of hydrogen-bond donors (Lipinski definition) is 4. The van der Waals surface area contributed by atoms with Crippen molar-refractivity contribution in [1.29, 1.82) is 0 Å². The van der Waals surface area contributed by atoms with Crippen molar-refractivity contribution in [3.8, 4) is 0 Å². The third-order valence-corrected chi connectivity index (χ3v) is 26.4. The van der Waals surface area contributed by atoms with Gasteiger partial charge in [-0.3, -0.25) is 0 Å². The van der Waals surface area contributed by atoms with Gasteiger partial charge in [-0.1, -0.05) is 0 Å². The predicted molar refractivity (Wildman–Crippen MR) is 126 cm³/mol. The van der Waals surface area contributed by atoms with Gasteiger partial charge in [-0.25, -0.2) is 0 Å². The Hall–Kier alpha value is -2.12. The summed E-state index contributed by atoms with van der Waals surface area (Å²) in [6.07, 6.45) is 4.37. The van der Waals surface area contributed by atoms with E-state index in [0.29, 0.717) is 18.4 Å². The monoisotopic (exact) mass is 522 g/mol. The van der Waals surface area contributed by atoms with Gasteiger partial charge in [-0.2, -0.15) is 0 Å². The minimum absolute atomic E-state index is 0.255. The Balaban J connectivity index is 1.88. The van der Waals surface area contributed by atoms with Gasteiger partial charge in [-0.15, -0.1) is 0 Å². The summed E-state index contributed by atoms with van der Waals surface area (Å²) in [5, 5.41) is 0. The number of fused-ring (bicyclic) bond motifs is 2. The van der Waals surface area contributed by atoms with Crippen molar-refractivity contribution in [2.75, 3.05) is 0 Å². The zero-order valence-corrected chi connectivity index (χ0v) is 22.2. The predicted octanol–water partition coefficient (Wildman–Crippen LogP) is 3.38. The molecule has 32 heavy (non-hydrogen) atoms. The number of benzene rings is 2. The molecule has 2 aromatic rings. The molecule has 164 valence electrons. The summed E-state index contributed by atoms with van der Waals surface area (Å²) < 4.78 is 0.793. The molecule has 2 aromatic carbocycles. The van der Waals surface area contributed by atoms with Crippen LogP contribution in [0.3, 0.4) is 0 Å². The molecular weight excluding hydrogens is 496 g/mol. The van der Waals surface area contributed by atoms with Gasteiger partial charge < -0.3 is 0 Å². The van der Waals surface area contributed by atoms with E-state index in [2.05, 4.69) is 62.1 Å². The van der Waals surface area contributed by atoms with E-state index in [1.807, 2.05) is 24.3 Å². The van der Waals surface area contributed by atoms with Crippen LogP contribution in [-0.2, 0) is 20.4 Å². The van der Waals surface area contributed by atoms with Crippen LogP contribution in [-0.4, -0.2) is 17.2 Å². The molecule has 2 amide bonds. The van der Waals surface area contributed by atoms with Crippen LogP contribution < -0.4 is 22.5 Å². The van der Waals surface area contributed by atoms with Crippen LogP contribution in [0.5, 0.6) is 0 Å². The summed E-state index contributed by atoms with van der Waals surface area (Å²) in [6, 6.07) is 12.0. The van der Waals surface area contributed by atoms with Crippen LogP contribution in [0.4, 0.5) is 0 Å². The summed E-state index contributed by atoms with van der Waals surface area (Å²) >= 11 is -2.25. The summed E-state index contributed by atoms with van der Waals surface area (Å²) in [5.41, 5.74) is 12.5. The van der Waals surface area contributed by atoms with Gasteiger partial charge in [-0.05, 0) is 0 Å². The van der Waals surface area contributed by atoms with Crippen molar-refractivity contribution >= 4 is 29.4 Å². The normalized spacial score (nSPS) is 18.3. The second kappa shape index (κ2) is 9.02. The maximum atomic E-state index is 12.4. The molecule has 8 heteroatoms. The first-order valence-electron chi connectivity index (χ1n) is 10.6. The Morgan fingerprint density at radius 2 is 1.22 bits per heavy atom. The van der Waals surface area contributed by atoms with E-state index in [0.717, 1.165) is 11.1 Å². The molecule has 0 spiro atoms. The Labute approximate surface area is 196 Å². The Kier molecular flexibility index (Phi) is 6.50. The first-order valence-corrected chi connectivity index (χ1v) is 19.6. The average molecular weight is 524 g/mol. The molecule has 0 radical (unpaired) electrons. The zero-order valence-electron chi connectivity index (χ0n) is 18.7. The van der Waals surface area contributed by atoms with Crippen molar-refractivity contribution in [2.24, 2.45) is 11.7 Å². The topological polar surface area (TPSA) is 110 Å². The number of hydrogen-bond acceptors (Lipinski definition) is 4. The van der Waals surface area contributed by atoms with Crippen LogP contribution in [0.2, 0.25) is 13.1 Å². The molecule has 4 rings (SSSR count). The summed E-state index contributed by atoms with van der Waals surface area (Å²) in [7, 11) is 0. The van der Waals surface area contributed by atoms with Gasteiger partial charge in [0.25, 0.3) is 0 Å². The minimum atomic E-state index is -2.25. The van der Waals surface area contributed by atoms with Crippen LogP contribution >= 0.6 is 0 Å². The van der Waals surface area contributed by atoms with Crippen molar-refractivity contribution in [3.63, 3.8) is 0 Å². The van der Waals surface area contributed by atoms with E-state index in [9.17, 15) is 9.59 Å². The van der Waals surface area contributed by atoms with E-state index < -0.39 is 25.8 Å². The second-order valence-electron chi connectivity index (χ2n) is 8.66. The van der Waals surface area contributed by atoms with Crippen LogP contribution in [0.25, 0.3) is 12.2 Å². The number of nitrogens with two attached hydrogens (primary N) is 2. The number of carbonyl (C=O) groups excluding carboxylic acids is 2. The number of rotatable bonds is 4. The van der Waals surface area contributed by atoms with E-state index in [1.54, 1.807) is 0 Å². The van der Waals surface area contributed by atoms with Gasteiger partial charge in [0.15, 0.2) is 0 Å². The third-order valence-electron chi connectivity index (χ3n) is 6.51. The quantitative estimate of drug-likeness (QED) is 0.213. The van der Waals surface area contributed by atoms with Crippen LogP contribution in [0.1, 0.15) is 64.1 Å². The van der Waals surface area contributed by atoms with Crippen molar-refractivity contribution in [3.05, 3.63) is 80.9 Å². The molecule has 2 aliphatic rings. The molecule has 6 nitrogen and oxygen atoms in total. The van der Waals surface area contributed by atoms with E-state index in [4.69, 9.17) is 11.7 Å².